The van der Waals surface area contributed by atoms with Crippen LogP contribution in [0, 0.1) is 11.3 Å². The van der Waals surface area contributed by atoms with E-state index in [0.717, 1.165) is 22.2 Å². The highest BCUT2D eigenvalue weighted by atomic mass is 16.5. The zero-order chi connectivity index (χ0) is 15.4. The van der Waals surface area contributed by atoms with E-state index in [0.29, 0.717) is 17.9 Å². The molecule has 0 bridgehead atoms. The van der Waals surface area contributed by atoms with Gasteiger partial charge in [-0.15, -0.1) is 10.2 Å². The van der Waals surface area contributed by atoms with Gasteiger partial charge in [0.15, 0.2) is 5.69 Å². The van der Waals surface area contributed by atoms with Crippen molar-refractivity contribution in [2.24, 2.45) is 0 Å². The summed E-state index contributed by atoms with van der Waals surface area (Å²) in [4.78, 5) is 0. The second-order valence-electron chi connectivity index (χ2n) is 4.75. The van der Waals surface area contributed by atoms with Crippen LogP contribution in [0.5, 0.6) is 5.75 Å². The van der Waals surface area contributed by atoms with Gasteiger partial charge in [0.2, 0.25) is 0 Å². The molecule has 2 aromatic carbocycles. The third kappa shape index (κ3) is 2.67. The van der Waals surface area contributed by atoms with Gasteiger partial charge in [0.1, 0.15) is 11.8 Å². The molecular formula is C17H14N4O. The number of anilines is 1. The summed E-state index contributed by atoms with van der Waals surface area (Å²) in [6.07, 6.45) is 0. The number of nitrogens with one attached hydrogen (secondary N) is 1. The number of hydrogen-bond acceptors (Lipinski definition) is 5. The largest absolute Gasteiger partial charge is 0.497 e. The Hall–Kier alpha value is -3.13. The van der Waals surface area contributed by atoms with E-state index >= 15 is 0 Å². The minimum Gasteiger partial charge on any atom is -0.497 e. The van der Waals surface area contributed by atoms with Gasteiger partial charge in [-0.25, -0.2) is 0 Å². The molecule has 1 heterocycles. The molecule has 5 nitrogen and oxygen atoms in total. The molecule has 0 radical (unpaired) electrons. The summed E-state index contributed by atoms with van der Waals surface area (Å²) in [6, 6.07) is 17.5. The minimum atomic E-state index is 0.298. The van der Waals surface area contributed by atoms with Gasteiger partial charge in [-0.3, -0.25) is 0 Å². The number of fused-ring (bicyclic) bond motifs is 1. The van der Waals surface area contributed by atoms with Crippen LogP contribution in [-0.4, -0.2) is 17.3 Å². The van der Waals surface area contributed by atoms with Gasteiger partial charge in [-0.1, -0.05) is 30.3 Å². The maximum absolute atomic E-state index is 9.23. The Kier molecular flexibility index (Phi) is 3.84. The molecule has 0 amide bonds. The molecule has 0 aliphatic carbocycles. The van der Waals surface area contributed by atoms with E-state index in [1.165, 1.54) is 0 Å². The van der Waals surface area contributed by atoms with E-state index < -0.39 is 0 Å². The second kappa shape index (κ2) is 6.10. The van der Waals surface area contributed by atoms with Crippen molar-refractivity contribution in [2.75, 3.05) is 12.4 Å². The molecule has 0 saturated heterocycles. The first-order valence-corrected chi connectivity index (χ1v) is 6.84. The lowest BCUT2D eigenvalue weighted by Crippen LogP contribution is -2.04. The van der Waals surface area contributed by atoms with Crippen molar-refractivity contribution in [2.45, 2.75) is 6.54 Å². The molecule has 0 saturated carbocycles. The fourth-order valence-electron chi connectivity index (χ4n) is 2.24. The van der Waals surface area contributed by atoms with Crippen molar-refractivity contribution >= 4 is 16.6 Å². The standard InChI is InChI=1S/C17H14N4O/c1-22-13-8-6-12(7-9-13)11-19-17-14-4-2-3-5-15(14)20-21-16(17)10-18/h2-9H,11H2,1H3,(H,19,20). The molecule has 0 fully saturated rings. The minimum absolute atomic E-state index is 0.298. The zero-order valence-corrected chi connectivity index (χ0v) is 12.1. The quantitative estimate of drug-likeness (QED) is 0.799. The Labute approximate surface area is 128 Å². The molecule has 3 aromatic rings. The Morgan fingerprint density at radius 1 is 1.09 bits per heavy atom. The highest BCUT2D eigenvalue weighted by Gasteiger charge is 2.09. The van der Waals surface area contributed by atoms with Crippen molar-refractivity contribution in [3.8, 4) is 11.8 Å². The van der Waals surface area contributed by atoms with Crippen molar-refractivity contribution in [1.29, 1.82) is 5.26 Å². The van der Waals surface area contributed by atoms with Gasteiger partial charge >= 0.3 is 0 Å². The van der Waals surface area contributed by atoms with E-state index in [2.05, 4.69) is 21.6 Å². The number of ether oxygens (including phenoxy) is 1. The number of benzene rings is 2. The zero-order valence-electron chi connectivity index (χ0n) is 12.1. The van der Waals surface area contributed by atoms with Gasteiger partial charge in [0.05, 0.1) is 18.3 Å². The topological polar surface area (TPSA) is 70.8 Å². The summed E-state index contributed by atoms with van der Waals surface area (Å²) < 4.78 is 5.14. The number of rotatable bonds is 4. The number of nitriles is 1. The lowest BCUT2D eigenvalue weighted by Gasteiger charge is -2.10. The van der Waals surface area contributed by atoms with E-state index in [1.807, 2.05) is 48.5 Å². The van der Waals surface area contributed by atoms with E-state index in [4.69, 9.17) is 4.74 Å². The molecule has 1 aromatic heterocycles. The van der Waals surface area contributed by atoms with Gasteiger partial charge < -0.3 is 10.1 Å². The van der Waals surface area contributed by atoms with Crippen molar-refractivity contribution in [3.63, 3.8) is 0 Å². The smallest absolute Gasteiger partial charge is 0.186 e. The van der Waals surface area contributed by atoms with Gasteiger partial charge in [-0.05, 0) is 23.8 Å². The SMILES string of the molecule is COc1ccc(CNc2c(C#N)nnc3ccccc23)cc1. The Morgan fingerprint density at radius 2 is 1.86 bits per heavy atom. The van der Waals surface area contributed by atoms with Crippen LogP contribution < -0.4 is 10.1 Å². The fourth-order valence-corrected chi connectivity index (χ4v) is 2.24. The van der Waals surface area contributed by atoms with Crippen LogP contribution in [0.25, 0.3) is 10.9 Å². The Balaban J connectivity index is 1.90. The number of nitrogens with zero attached hydrogens (tertiary/aromatic N) is 3. The predicted molar refractivity (Wildman–Crippen MR) is 84.6 cm³/mol. The molecule has 108 valence electrons. The lowest BCUT2D eigenvalue weighted by atomic mass is 10.1. The van der Waals surface area contributed by atoms with Crippen LogP contribution in [0.1, 0.15) is 11.3 Å². The van der Waals surface area contributed by atoms with Crippen LogP contribution in [0.15, 0.2) is 48.5 Å². The Morgan fingerprint density at radius 3 is 2.59 bits per heavy atom. The first-order chi connectivity index (χ1) is 10.8. The summed E-state index contributed by atoms with van der Waals surface area (Å²) >= 11 is 0. The van der Waals surface area contributed by atoms with E-state index in [1.54, 1.807) is 7.11 Å². The van der Waals surface area contributed by atoms with Crippen LogP contribution in [0.2, 0.25) is 0 Å². The third-order valence-corrected chi connectivity index (χ3v) is 3.40. The van der Waals surface area contributed by atoms with Crippen molar-refractivity contribution < 1.29 is 4.74 Å². The average Bonchev–Trinajstić information content (AvgIpc) is 2.60. The normalized spacial score (nSPS) is 10.2. The van der Waals surface area contributed by atoms with E-state index in [9.17, 15) is 5.26 Å². The van der Waals surface area contributed by atoms with Crippen molar-refractivity contribution in [1.82, 2.24) is 10.2 Å². The fraction of sp³-hybridized carbons (Fsp3) is 0.118. The van der Waals surface area contributed by atoms with Gasteiger partial charge in [0.25, 0.3) is 0 Å². The van der Waals surface area contributed by atoms with Crippen LogP contribution >= 0.6 is 0 Å². The molecule has 0 atom stereocenters. The first kappa shape index (κ1) is 13.8. The molecule has 0 unspecified atom stereocenters. The summed E-state index contributed by atoms with van der Waals surface area (Å²) in [5, 5.41) is 21.5. The summed E-state index contributed by atoms with van der Waals surface area (Å²) in [7, 11) is 1.64. The van der Waals surface area contributed by atoms with E-state index in [-0.39, 0.29) is 0 Å². The molecule has 22 heavy (non-hydrogen) atoms. The molecule has 5 heteroatoms. The molecule has 3 rings (SSSR count). The van der Waals surface area contributed by atoms with Gasteiger partial charge in [-0.2, -0.15) is 5.26 Å². The molecular weight excluding hydrogens is 276 g/mol. The highest BCUT2D eigenvalue weighted by Crippen LogP contribution is 2.24. The molecule has 1 N–H and O–H groups in total. The van der Waals surface area contributed by atoms with Crippen LogP contribution in [0.4, 0.5) is 5.69 Å². The van der Waals surface area contributed by atoms with Crippen molar-refractivity contribution in [3.05, 3.63) is 59.8 Å². The second-order valence-corrected chi connectivity index (χ2v) is 4.75. The number of aromatic nitrogens is 2. The lowest BCUT2D eigenvalue weighted by molar-refractivity contribution is 0.414. The maximum Gasteiger partial charge on any atom is 0.186 e. The first-order valence-electron chi connectivity index (χ1n) is 6.84. The predicted octanol–water partition coefficient (Wildman–Crippen LogP) is 3.12. The number of hydrogen-bond donors (Lipinski definition) is 1. The summed E-state index contributed by atoms with van der Waals surface area (Å²) in [5.74, 6) is 0.817. The summed E-state index contributed by atoms with van der Waals surface area (Å²) in [6.45, 7) is 0.592. The molecule has 0 aliphatic heterocycles. The van der Waals surface area contributed by atoms with Crippen LogP contribution in [0.3, 0.4) is 0 Å². The summed E-state index contributed by atoms with van der Waals surface area (Å²) in [5.41, 5.74) is 2.86. The third-order valence-electron chi connectivity index (χ3n) is 3.40. The Bertz CT molecular complexity index is 837. The monoisotopic (exact) mass is 290 g/mol. The average molecular weight is 290 g/mol. The number of methoxy groups -OCH3 is 1. The molecule has 0 aliphatic rings. The molecule has 0 spiro atoms. The van der Waals surface area contributed by atoms with Gasteiger partial charge in [0, 0.05) is 11.9 Å². The maximum atomic E-state index is 9.23. The van der Waals surface area contributed by atoms with Crippen LogP contribution in [-0.2, 0) is 6.54 Å². The highest BCUT2D eigenvalue weighted by molar-refractivity contribution is 5.92.